The highest BCUT2D eigenvalue weighted by molar-refractivity contribution is 5.90. The maximum absolute atomic E-state index is 13.0. The molecule has 1 aromatic heterocycles. The second-order valence-electron chi connectivity index (χ2n) is 11.2. The number of fused-ring (bicyclic) bond motifs is 1. The van der Waals surface area contributed by atoms with Crippen molar-refractivity contribution >= 4 is 40.6 Å². The van der Waals surface area contributed by atoms with E-state index < -0.39 is 47.9 Å². The predicted octanol–water partition coefficient (Wildman–Crippen LogP) is 0.167. The van der Waals surface area contributed by atoms with Gasteiger partial charge in [0.2, 0.25) is 17.7 Å². The zero-order valence-electron chi connectivity index (χ0n) is 25.3. The number of carbonyl (C=O) groups is 4. The molecule has 0 fully saturated rings. The maximum Gasteiger partial charge on any atom is 0.326 e. The number of aliphatic hydroxyl groups is 1. The monoisotopic (exact) mass is 613 g/mol. The fraction of sp³-hybridized carbons (Fsp3) is 0.500. The van der Waals surface area contributed by atoms with Crippen molar-refractivity contribution in [1.29, 1.82) is 5.41 Å². The molecule has 1 aliphatic rings. The van der Waals surface area contributed by atoms with Gasteiger partial charge in [0.1, 0.15) is 29.5 Å². The zero-order chi connectivity index (χ0) is 32.6. The Kier molecular flexibility index (Phi) is 11.9. The fourth-order valence-electron chi connectivity index (χ4n) is 4.88. The van der Waals surface area contributed by atoms with Crippen LogP contribution < -0.4 is 27.4 Å². The van der Waals surface area contributed by atoms with Crippen LogP contribution >= 0.6 is 0 Å². The Morgan fingerprint density at radius 1 is 1.09 bits per heavy atom. The summed E-state index contributed by atoms with van der Waals surface area (Å²) < 4.78 is 5.86. The number of nitrogens with two attached hydrogens (primary N) is 2. The predicted molar refractivity (Wildman–Crippen MR) is 164 cm³/mol. The van der Waals surface area contributed by atoms with Gasteiger partial charge in [0.05, 0.1) is 6.10 Å². The van der Waals surface area contributed by atoms with Gasteiger partial charge in [-0.1, -0.05) is 23.3 Å². The Bertz CT molecular complexity index is 1420. The number of carboxylic acid groups (broad SMARTS) is 1. The first kappa shape index (κ1) is 34.1. The first-order chi connectivity index (χ1) is 20.8. The van der Waals surface area contributed by atoms with E-state index in [4.69, 9.17) is 21.3 Å². The largest absolute Gasteiger partial charge is 0.480 e. The second kappa shape index (κ2) is 15.3. The van der Waals surface area contributed by atoms with E-state index in [-0.39, 0.29) is 31.8 Å². The molecule has 14 nitrogen and oxygen atoms in total. The Morgan fingerprint density at radius 3 is 2.45 bits per heavy atom. The topological polar surface area (TPSA) is 237 Å². The summed E-state index contributed by atoms with van der Waals surface area (Å²) in [7, 11) is 0. The van der Waals surface area contributed by atoms with Crippen molar-refractivity contribution in [2.75, 3.05) is 19.6 Å². The van der Waals surface area contributed by atoms with Crippen LogP contribution in [0.2, 0.25) is 0 Å². The first-order valence-corrected chi connectivity index (χ1v) is 14.6. The molecule has 0 bridgehead atoms. The van der Waals surface area contributed by atoms with E-state index in [0.29, 0.717) is 37.3 Å². The molecule has 0 aliphatic carbocycles. The standard InChI is InChI=1S/C30H43N7O7/c1-16-7-8-23-20(12-16)17(2)24(44-23)14-22(29(42)43)35-25(39)6-4-5-10-34-27(40)21(36-28(41)26(31)18(3)38)13-19-9-11-37(15-19)30(32)33/h7-9,12,18,21-22,26,38H,4-6,10-11,13-15,31H2,1-3H3,(H3,32,33)(H,34,40)(H,35,39)(H,36,41)(H,42,43). The number of aliphatic hydroxyl groups excluding tert-OH is 1. The highest BCUT2D eigenvalue weighted by Gasteiger charge is 2.28. The summed E-state index contributed by atoms with van der Waals surface area (Å²) in [5, 5.41) is 35.8. The summed E-state index contributed by atoms with van der Waals surface area (Å²) in [5.74, 6) is -2.36. The molecule has 2 heterocycles. The molecular weight excluding hydrogens is 570 g/mol. The van der Waals surface area contributed by atoms with E-state index in [1.54, 1.807) is 4.90 Å². The third kappa shape index (κ3) is 9.28. The van der Waals surface area contributed by atoms with E-state index >= 15 is 0 Å². The van der Waals surface area contributed by atoms with Crippen molar-refractivity contribution in [3.05, 3.63) is 46.7 Å². The van der Waals surface area contributed by atoms with Crippen LogP contribution in [-0.2, 0) is 25.6 Å². The van der Waals surface area contributed by atoms with Crippen LogP contribution in [0.3, 0.4) is 0 Å². The summed E-state index contributed by atoms with van der Waals surface area (Å²) in [6.07, 6.45) is 1.74. The number of furan rings is 1. The first-order valence-electron chi connectivity index (χ1n) is 14.6. The fourth-order valence-corrected chi connectivity index (χ4v) is 4.88. The lowest BCUT2D eigenvalue weighted by Crippen LogP contribution is -2.54. The molecule has 2 aromatic rings. The van der Waals surface area contributed by atoms with Crippen LogP contribution in [0.15, 0.2) is 34.3 Å². The number of guanidine groups is 1. The number of carbonyl (C=O) groups excluding carboxylic acids is 3. The number of rotatable bonds is 15. The lowest BCUT2D eigenvalue weighted by molar-refractivity contribution is -0.141. The molecule has 3 amide bonds. The number of benzene rings is 1. The summed E-state index contributed by atoms with van der Waals surface area (Å²) >= 11 is 0. The smallest absolute Gasteiger partial charge is 0.326 e. The Labute approximate surface area is 255 Å². The van der Waals surface area contributed by atoms with E-state index in [1.807, 2.05) is 38.1 Å². The number of nitrogens with zero attached hydrogens (tertiary/aromatic N) is 1. The highest BCUT2D eigenvalue weighted by Crippen LogP contribution is 2.27. The maximum atomic E-state index is 13.0. The molecule has 1 aromatic carbocycles. The van der Waals surface area contributed by atoms with Crippen molar-refractivity contribution in [3.63, 3.8) is 0 Å². The third-order valence-corrected chi connectivity index (χ3v) is 7.60. The molecular formula is C30H43N7O7. The lowest BCUT2D eigenvalue weighted by atomic mass is 10.0. The van der Waals surface area contributed by atoms with Gasteiger partial charge in [-0.25, -0.2) is 4.79 Å². The molecule has 0 spiro atoms. The molecule has 240 valence electrons. The van der Waals surface area contributed by atoms with Gasteiger partial charge in [0.15, 0.2) is 5.96 Å². The van der Waals surface area contributed by atoms with Gasteiger partial charge < -0.3 is 46.9 Å². The molecule has 4 unspecified atom stereocenters. The quantitative estimate of drug-likeness (QED) is 0.0586. The van der Waals surface area contributed by atoms with Crippen molar-refractivity contribution < 1.29 is 33.8 Å². The molecule has 3 rings (SSSR count). The molecule has 1 aliphatic heterocycles. The van der Waals surface area contributed by atoms with Crippen LogP contribution in [0.1, 0.15) is 49.5 Å². The molecule has 0 saturated carbocycles. The van der Waals surface area contributed by atoms with Crippen molar-refractivity contribution in [2.24, 2.45) is 11.5 Å². The van der Waals surface area contributed by atoms with E-state index in [0.717, 1.165) is 22.1 Å². The summed E-state index contributed by atoms with van der Waals surface area (Å²) in [5.41, 5.74) is 14.6. The minimum absolute atomic E-state index is 0.00310. The normalized spacial score (nSPS) is 15.7. The number of aliphatic carboxylic acids is 1. The molecule has 4 atom stereocenters. The van der Waals surface area contributed by atoms with Gasteiger partial charge in [-0.2, -0.15) is 0 Å². The molecule has 0 radical (unpaired) electrons. The van der Waals surface area contributed by atoms with Gasteiger partial charge in [0.25, 0.3) is 0 Å². The summed E-state index contributed by atoms with van der Waals surface area (Å²) in [6, 6.07) is 2.36. The number of aryl methyl sites for hydroxylation is 2. The minimum atomic E-state index is -1.22. The SMILES string of the molecule is Cc1ccc2oc(CC(NC(=O)CCCCNC(=O)C(CC3=CCN(C(=N)N)C3)NC(=O)C(N)C(C)O)C(=O)O)c(C)c2c1. The molecule has 0 saturated heterocycles. The molecule has 10 N–H and O–H groups in total. The van der Waals surface area contributed by atoms with Gasteiger partial charge in [-0.05, 0) is 57.7 Å². The van der Waals surface area contributed by atoms with Gasteiger partial charge in [-0.3, -0.25) is 19.8 Å². The highest BCUT2D eigenvalue weighted by atomic mass is 16.4. The Hall–Kier alpha value is -4.43. The summed E-state index contributed by atoms with van der Waals surface area (Å²) in [4.78, 5) is 51.5. The van der Waals surface area contributed by atoms with Crippen LogP contribution in [0.25, 0.3) is 11.0 Å². The van der Waals surface area contributed by atoms with Crippen LogP contribution in [0.5, 0.6) is 0 Å². The van der Waals surface area contributed by atoms with Gasteiger partial charge in [-0.15, -0.1) is 0 Å². The third-order valence-electron chi connectivity index (χ3n) is 7.60. The molecule has 14 heteroatoms. The zero-order valence-corrected chi connectivity index (χ0v) is 25.3. The number of nitrogens with one attached hydrogen (secondary N) is 4. The van der Waals surface area contributed by atoms with Crippen molar-refractivity contribution in [2.45, 2.75) is 77.1 Å². The average Bonchev–Trinajstić information content (AvgIpc) is 3.55. The number of hydrogen-bond acceptors (Lipinski definition) is 8. The Balaban J connectivity index is 1.48. The van der Waals surface area contributed by atoms with Gasteiger partial charge >= 0.3 is 5.97 Å². The second-order valence-corrected chi connectivity index (χ2v) is 11.2. The average molecular weight is 614 g/mol. The number of unbranched alkanes of at least 4 members (excludes halogenated alkanes) is 1. The Morgan fingerprint density at radius 2 is 1.82 bits per heavy atom. The molecule has 44 heavy (non-hydrogen) atoms. The van der Waals surface area contributed by atoms with Crippen LogP contribution in [-0.4, -0.2) is 88.6 Å². The van der Waals surface area contributed by atoms with Crippen LogP contribution in [0.4, 0.5) is 0 Å². The van der Waals surface area contributed by atoms with Crippen LogP contribution in [0, 0.1) is 19.3 Å². The van der Waals surface area contributed by atoms with Crippen molar-refractivity contribution in [3.8, 4) is 0 Å². The number of amides is 3. The number of hydrogen-bond donors (Lipinski definition) is 8. The lowest BCUT2D eigenvalue weighted by Gasteiger charge is -2.23. The van der Waals surface area contributed by atoms with E-state index in [2.05, 4.69) is 16.0 Å². The van der Waals surface area contributed by atoms with Crippen molar-refractivity contribution in [1.82, 2.24) is 20.9 Å². The van der Waals surface area contributed by atoms with E-state index in [1.165, 1.54) is 6.92 Å². The van der Waals surface area contributed by atoms with E-state index in [9.17, 15) is 29.4 Å². The number of carboxylic acids is 1. The van der Waals surface area contributed by atoms with Gasteiger partial charge in [0, 0.05) is 37.9 Å². The minimum Gasteiger partial charge on any atom is -0.480 e. The summed E-state index contributed by atoms with van der Waals surface area (Å²) in [6.45, 7) is 6.17.